The van der Waals surface area contributed by atoms with Crippen LogP contribution in [0.3, 0.4) is 0 Å². The summed E-state index contributed by atoms with van der Waals surface area (Å²) in [6, 6.07) is 9.31. The van der Waals surface area contributed by atoms with Crippen LogP contribution in [0.4, 0.5) is 4.79 Å². The molecular weight excluding hydrogens is 198 g/mol. The van der Waals surface area contributed by atoms with E-state index in [9.17, 15) is 9.59 Å². The molecule has 1 aliphatic heterocycles. The van der Waals surface area contributed by atoms with Gasteiger partial charge in [0.2, 0.25) is 5.12 Å². The first kappa shape index (κ1) is 9.27. The number of carbonyl (C=O) groups excluding carboxylic acids is 2. The van der Waals surface area contributed by atoms with E-state index in [0.717, 1.165) is 17.3 Å². The Morgan fingerprint density at radius 1 is 1.21 bits per heavy atom. The van der Waals surface area contributed by atoms with Crippen molar-refractivity contribution in [3.63, 3.8) is 0 Å². The van der Waals surface area contributed by atoms with E-state index in [2.05, 4.69) is 5.32 Å². The zero-order valence-corrected chi connectivity index (χ0v) is 8.21. The number of amides is 1. The molecule has 1 aliphatic rings. The van der Waals surface area contributed by atoms with Gasteiger partial charge in [-0.3, -0.25) is 9.59 Å². The maximum Gasteiger partial charge on any atom is 0.287 e. The van der Waals surface area contributed by atoms with Crippen molar-refractivity contribution in [2.45, 2.75) is 12.5 Å². The van der Waals surface area contributed by atoms with E-state index < -0.39 is 0 Å². The van der Waals surface area contributed by atoms with Crippen LogP contribution in [-0.4, -0.2) is 16.4 Å². The topological polar surface area (TPSA) is 46.2 Å². The predicted molar refractivity (Wildman–Crippen MR) is 55.1 cm³/mol. The molecule has 0 saturated carbocycles. The molecule has 0 aliphatic carbocycles. The predicted octanol–water partition coefficient (Wildman–Crippen LogP) is 1.58. The lowest BCUT2D eigenvalue weighted by atomic mass is 10.1. The summed E-state index contributed by atoms with van der Waals surface area (Å²) in [5.41, 5.74) is 1.06. The second kappa shape index (κ2) is 3.84. The Bertz CT molecular complexity index is 364. The smallest absolute Gasteiger partial charge is 0.287 e. The van der Waals surface area contributed by atoms with E-state index in [0.29, 0.717) is 6.42 Å². The first-order valence-corrected chi connectivity index (χ1v) is 5.13. The number of hydrogen-bond acceptors (Lipinski definition) is 3. The molecule has 1 aromatic carbocycles. The van der Waals surface area contributed by atoms with Crippen LogP contribution in [0.15, 0.2) is 30.3 Å². The van der Waals surface area contributed by atoms with Gasteiger partial charge in [0.05, 0.1) is 0 Å². The summed E-state index contributed by atoms with van der Waals surface area (Å²) in [4.78, 5) is 22.2. The molecule has 2 rings (SSSR count). The summed E-state index contributed by atoms with van der Waals surface area (Å²) in [6.45, 7) is 0. The van der Waals surface area contributed by atoms with Crippen molar-refractivity contribution in [2.24, 2.45) is 0 Å². The quantitative estimate of drug-likeness (QED) is 0.800. The minimum Gasteiger partial charge on any atom is -0.335 e. The molecule has 1 heterocycles. The van der Waals surface area contributed by atoms with Gasteiger partial charge in [-0.15, -0.1) is 0 Å². The summed E-state index contributed by atoms with van der Waals surface area (Å²) in [5, 5.41) is 2.30. The largest absolute Gasteiger partial charge is 0.335 e. The number of hydrogen-bond donors (Lipinski definition) is 1. The maximum atomic E-state index is 11.3. The molecule has 0 bridgehead atoms. The van der Waals surface area contributed by atoms with Crippen molar-refractivity contribution >= 4 is 22.1 Å². The monoisotopic (exact) mass is 207 g/mol. The lowest BCUT2D eigenvalue weighted by molar-refractivity contribution is -0.112. The van der Waals surface area contributed by atoms with E-state index in [1.165, 1.54) is 0 Å². The van der Waals surface area contributed by atoms with Gasteiger partial charge in [0, 0.05) is 18.2 Å². The highest BCUT2D eigenvalue weighted by Gasteiger charge is 2.30. The van der Waals surface area contributed by atoms with Crippen LogP contribution in [-0.2, 0) is 11.2 Å². The number of benzene rings is 1. The summed E-state index contributed by atoms with van der Waals surface area (Å²) < 4.78 is 0. The first-order chi connectivity index (χ1) is 6.75. The van der Waals surface area contributed by atoms with E-state index in [1.54, 1.807) is 0 Å². The molecular formula is C10H9NO2S. The summed E-state index contributed by atoms with van der Waals surface area (Å²) in [6.07, 6.45) is 0.582. The third-order valence-corrected chi connectivity index (χ3v) is 2.84. The molecule has 1 aromatic rings. The number of thioether (sulfide) groups is 1. The van der Waals surface area contributed by atoms with Crippen molar-refractivity contribution in [1.29, 1.82) is 0 Å². The second-order valence-corrected chi connectivity index (χ2v) is 4.07. The van der Waals surface area contributed by atoms with Crippen LogP contribution < -0.4 is 5.32 Å². The fraction of sp³-hybridized carbons (Fsp3) is 0.200. The summed E-state index contributed by atoms with van der Waals surface area (Å²) in [7, 11) is 0. The summed E-state index contributed by atoms with van der Waals surface area (Å²) in [5.74, 6) is 0. The van der Waals surface area contributed by atoms with Crippen molar-refractivity contribution in [1.82, 2.24) is 5.32 Å². The summed E-state index contributed by atoms with van der Waals surface area (Å²) >= 11 is 0.759. The van der Waals surface area contributed by atoms with E-state index >= 15 is 0 Å². The van der Waals surface area contributed by atoms with Crippen molar-refractivity contribution in [2.75, 3.05) is 0 Å². The van der Waals surface area contributed by atoms with Gasteiger partial charge in [0.25, 0.3) is 5.24 Å². The van der Waals surface area contributed by atoms with E-state index in [4.69, 9.17) is 0 Å². The molecule has 0 radical (unpaired) electrons. The molecule has 0 spiro atoms. The SMILES string of the molecule is O=C1N[C@@H](Cc2ccccc2)C(=O)S1. The molecule has 1 fully saturated rings. The average molecular weight is 207 g/mol. The first-order valence-electron chi connectivity index (χ1n) is 4.32. The Labute approximate surface area is 85.9 Å². The Morgan fingerprint density at radius 3 is 2.50 bits per heavy atom. The van der Waals surface area contributed by atoms with Crippen molar-refractivity contribution in [3.05, 3.63) is 35.9 Å². The van der Waals surface area contributed by atoms with E-state index in [-0.39, 0.29) is 16.4 Å². The molecule has 3 nitrogen and oxygen atoms in total. The number of carbonyl (C=O) groups is 2. The Morgan fingerprint density at radius 2 is 1.93 bits per heavy atom. The van der Waals surface area contributed by atoms with Gasteiger partial charge >= 0.3 is 0 Å². The number of nitrogens with one attached hydrogen (secondary N) is 1. The fourth-order valence-electron chi connectivity index (χ4n) is 1.38. The Balaban J connectivity index is 2.05. The highest BCUT2D eigenvalue weighted by Crippen LogP contribution is 2.18. The van der Waals surface area contributed by atoms with Crippen LogP contribution >= 0.6 is 11.8 Å². The lowest BCUT2D eigenvalue weighted by Crippen LogP contribution is -2.30. The molecule has 0 unspecified atom stereocenters. The number of rotatable bonds is 2. The van der Waals surface area contributed by atoms with Crippen LogP contribution in [0.25, 0.3) is 0 Å². The molecule has 72 valence electrons. The molecule has 1 saturated heterocycles. The van der Waals surface area contributed by atoms with Gasteiger partial charge in [-0.05, 0) is 5.56 Å². The van der Waals surface area contributed by atoms with Crippen LogP contribution in [0.2, 0.25) is 0 Å². The van der Waals surface area contributed by atoms with Crippen molar-refractivity contribution in [3.8, 4) is 0 Å². The van der Waals surface area contributed by atoms with Crippen LogP contribution in [0.1, 0.15) is 5.56 Å². The minimum absolute atomic E-state index is 0.0844. The molecule has 1 atom stereocenters. The zero-order valence-electron chi connectivity index (χ0n) is 7.40. The highest BCUT2D eigenvalue weighted by atomic mass is 32.2. The lowest BCUT2D eigenvalue weighted by Gasteiger charge is -2.06. The van der Waals surface area contributed by atoms with Gasteiger partial charge in [-0.1, -0.05) is 30.3 Å². The van der Waals surface area contributed by atoms with Gasteiger partial charge in [-0.2, -0.15) is 0 Å². The molecule has 0 aromatic heterocycles. The maximum absolute atomic E-state index is 11.3. The Kier molecular flexibility index (Phi) is 2.54. The Hall–Kier alpha value is -1.29. The molecule has 14 heavy (non-hydrogen) atoms. The van der Waals surface area contributed by atoms with Gasteiger partial charge < -0.3 is 5.32 Å². The minimum atomic E-state index is -0.352. The second-order valence-electron chi connectivity index (χ2n) is 3.10. The van der Waals surface area contributed by atoms with E-state index in [1.807, 2.05) is 30.3 Å². The van der Waals surface area contributed by atoms with Gasteiger partial charge in [0.15, 0.2) is 0 Å². The van der Waals surface area contributed by atoms with Crippen molar-refractivity contribution < 1.29 is 9.59 Å². The van der Waals surface area contributed by atoms with Gasteiger partial charge in [-0.25, -0.2) is 0 Å². The molecule has 4 heteroatoms. The van der Waals surface area contributed by atoms with Gasteiger partial charge in [0.1, 0.15) is 6.04 Å². The van der Waals surface area contributed by atoms with Crippen LogP contribution in [0.5, 0.6) is 0 Å². The third-order valence-electron chi connectivity index (χ3n) is 2.05. The highest BCUT2D eigenvalue weighted by molar-refractivity contribution is 8.26. The fourth-order valence-corrected chi connectivity index (χ4v) is 2.05. The molecule has 1 N–H and O–H groups in total. The average Bonchev–Trinajstić information content (AvgIpc) is 2.47. The zero-order chi connectivity index (χ0) is 9.97. The normalized spacial score (nSPS) is 21.0. The molecule has 1 amide bonds. The standard InChI is InChI=1S/C10H9NO2S/c12-9-8(11-10(13)14-9)6-7-4-2-1-3-5-7/h1-5,8H,6H2,(H,11,13)/t8-/m0/s1. The third kappa shape index (κ3) is 1.96. The van der Waals surface area contributed by atoms with Crippen LogP contribution in [0, 0.1) is 0 Å².